The average molecular weight is 643 g/mol. The molecule has 4 aromatic carbocycles. The molecule has 4 aromatic rings. The van der Waals surface area contributed by atoms with Crippen LogP contribution in [0.25, 0.3) is 0 Å². The molecular formula is C35H38N4O6S. The van der Waals surface area contributed by atoms with Gasteiger partial charge in [0.05, 0.1) is 15.5 Å². The number of sulfonamides is 1. The molecule has 11 heteroatoms. The lowest BCUT2D eigenvalue weighted by molar-refractivity contribution is -0.384. The van der Waals surface area contributed by atoms with Crippen molar-refractivity contribution in [2.75, 3.05) is 10.8 Å². The van der Waals surface area contributed by atoms with Crippen molar-refractivity contribution in [1.29, 1.82) is 0 Å². The molecule has 2 amide bonds. The minimum Gasteiger partial charge on any atom is -0.350 e. The smallest absolute Gasteiger partial charge is 0.271 e. The molecule has 0 saturated carbocycles. The van der Waals surface area contributed by atoms with Gasteiger partial charge in [-0.2, -0.15) is 0 Å². The van der Waals surface area contributed by atoms with Gasteiger partial charge in [0.15, 0.2) is 0 Å². The standard InChI is InChI=1S/C35H38N4O6S/c1-26-14-11-12-17-28(26)24-37(32(34(41)36-35(2,3)4)22-27-15-7-5-8-16-27)33(40)25-38(29-18-13-19-30(23-29)39(42)43)46(44,45)31-20-9-6-10-21-31/h5-21,23,32H,22,24-25H2,1-4H3,(H,36,41)/t32-/m0/s1. The molecule has 0 radical (unpaired) electrons. The molecule has 10 nitrogen and oxygen atoms in total. The normalized spacial score (nSPS) is 12.2. The van der Waals surface area contributed by atoms with E-state index < -0.39 is 44.9 Å². The van der Waals surface area contributed by atoms with Crippen molar-refractivity contribution in [3.63, 3.8) is 0 Å². The van der Waals surface area contributed by atoms with E-state index in [4.69, 9.17) is 0 Å². The van der Waals surface area contributed by atoms with Gasteiger partial charge in [-0.3, -0.25) is 24.0 Å². The van der Waals surface area contributed by atoms with E-state index in [9.17, 15) is 28.1 Å². The van der Waals surface area contributed by atoms with Gasteiger partial charge in [0, 0.05) is 30.6 Å². The number of nitrogens with zero attached hydrogens (tertiary/aromatic N) is 3. The molecule has 1 atom stereocenters. The largest absolute Gasteiger partial charge is 0.350 e. The summed E-state index contributed by atoms with van der Waals surface area (Å²) in [5.74, 6) is -1.05. The summed E-state index contributed by atoms with van der Waals surface area (Å²) in [6, 6.07) is 28.4. The summed E-state index contributed by atoms with van der Waals surface area (Å²) < 4.78 is 29.0. The van der Waals surface area contributed by atoms with Gasteiger partial charge in [0.1, 0.15) is 12.6 Å². The van der Waals surface area contributed by atoms with E-state index in [1.807, 2.05) is 82.3 Å². The highest BCUT2D eigenvalue weighted by Gasteiger charge is 2.36. The molecule has 0 spiro atoms. The Kier molecular flexibility index (Phi) is 10.6. The van der Waals surface area contributed by atoms with Crippen LogP contribution in [0.3, 0.4) is 0 Å². The van der Waals surface area contributed by atoms with Crippen LogP contribution in [-0.2, 0) is 32.6 Å². The van der Waals surface area contributed by atoms with Gasteiger partial charge in [0.2, 0.25) is 11.8 Å². The second-order valence-corrected chi connectivity index (χ2v) is 13.9. The predicted molar refractivity (Wildman–Crippen MR) is 178 cm³/mol. The van der Waals surface area contributed by atoms with Gasteiger partial charge in [-0.25, -0.2) is 8.42 Å². The molecule has 0 aliphatic carbocycles. The Labute approximate surface area is 269 Å². The number of amides is 2. The van der Waals surface area contributed by atoms with Crippen LogP contribution in [0.1, 0.15) is 37.5 Å². The number of carbonyl (C=O) groups is 2. The Morgan fingerprint density at radius 2 is 1.48 bits per heavy atom. The fourth-order valence-corrected chi connectivity index (χ4v) is 6.42. The molecule has 0 fully saturated rings. The molecule has 0 heterocycles. The number of anilines is 1. The summed E-state index contributed by atoms with van der Waals surface area (Å²) in [4.78, 5) is 40.8. The van der Waals surface area contributed by atoms with Crippen molar-refractivity contribution < 1.29 is 22.9 Å². The van der Waals surface area contributed by atoms with Crippen molar-refractivity contribution >= 4 is 33.2 Å². The summed E-state index contributed by atoms with van der Waals surface area (Å²) in [5, 5.41) is 14.6. The first-order chi connectivity index (χ1) is 21.8. The maximum absolute atomic E-state index is 14.5. The first-order valence-corrected chi connectivity index (χ1v) is 16.2. The van der Waals surface area contributed by atoms with Gasteiger partial charge in [0.25, 0.3) is 15.7 Å². The Hall–Kier alpha value is -5.03. The van der Waals surface area contributed by atoms with E-state index in [1.165, 1.54) is 35.2 Å². The molecule has 240 valence electrons. The van der Waals surface area contributed by atoms with E-state index in [2.05, 4.69) is 5.32 Å². The number of benzene rings is 4. The second-order valence-electron chi connectivity index (χ2n) is 12.0. The van der Waals surface area contributed by atoms with Crippen LogP contribution in [0.15, 0.2) is 114 Å². The van der Waals surface area contributed by atoms with Crippen molar-refractivity contribution in [3.05, 3.63) is 136 Å². The lowest BCUT2D eigenvalue weighted by atomic mass is 10.00. The number of non-ortho nitro benzene ring substituents is 1. The highest BCUT2D eigenvalue weighted by molar-refractivity contribution is 7.92. The highest BCUT2D eigenvalue weighted by atomic mass is 32.2. The number of hydrogen-bond donors (Lipinski definition) is 1. The molecule has 1 N–H and O–H groups in total. The zero-order valence-electron chi connectivity index (χ0n) is 26.3. The number of nitro benzene ring substituents is 1. The first-order valence-electron chi connectivity index (χ1n) is 14.8. The summed E-state index contributed by atoms with van der Waals surface area (Å²) >= 11 is 0. The predicted octanol–water partition coefficient (Wildman–Crippen LogP) is 5.65. The van der Waals surface area contributed by atoms with Crippen molar-refractivity contribution in [1.82, 2.24) is 10.2 Å². The molecular weight excluding hydrogens is 604 g/mol. The van der Waals surface area contributed by atoms with E-state index in [0.29, 0.717) is 0 Å². The molecule has 4 rings (SSSR count). The SMILES string of the molecule is Cc1ccccc1CN(C(=O)CN(c1cccc([N+](=O)[O-])c1)S(=O)(=O)c1ccccc1)[C@@H](Cc1ccccc1)C(=O)NC(C)(C)C. The molecule has 46 heavy (non-hydrogen) atoms. The van der Waals surface area contributed by atoms with Crippen molar-refractivity contribution in [2.45, 2.75) is 57.1 Å². The zero-order chi connectivity index (χ0) is 33.5. The third kappa shape index (κ3) is 8.57. The van der Waals surface area contributed by atoms with Gasteiger partial charge < -0.3 is 10.2 Å². The Morgan fingerprint density at radius 1 is 0.870 bits per heavy atom. The van der Waals surface area contributed by atoms with Crippen LogP contribution < -0.4 is 9.62 Å². The number of nitro groups is 1. The van der Waals surface area contributed by atoms with Crippen LogP contribution in [0.2, 0.25) is 0 Å². The van der Waals surface area contributed by atoms with Crippen LogP contribution in [0.5, 0.6) is 0 Å². The molecule has 0 saturated heterocycles. The monoisotopic (exact) mass is 642 g/mol. The third-order valence-corrected chi connectivity index (χ3v) is 9.10. The second kappa shape index (κ2) is 14.4. The molecule has 0 bridgehead atoms. The van der Waals surface area contributed by atoms with Crippen LogP contribution in [0, 0.1) is 17.0 Å². The molecule has 0 aliphatic rings. The first kappa shape index (κ1) is 33.9. The Morgan fingerprint density at radius 3 is 2.09 bits per heavy atom. The van der Waals surface area contributed by atoms with E-state index in [1.54, 1.807) is 18.2 Å². The Bertz CT molecular complexity index is 1790. The van der Waals surface area contributed by atoms with Crippen LogP contribution >= 0.6 is 0 Å². The van der Waals surface area contributed by atoms with E-state index >= 15 is 0 Å². The van der Waals surface area contributed by atoms with Crippen LogP contribution in [-0.4, -0.2) is 48.2 Å². The maximum Gasteiger partial charge on any atom is 0.271 e. The lowest BCUT2D eigenvalue weighted by Gasteiger charge is -2.35. The minimum absolute atomic E-state index is 0.0226. The van der Waals surface area contributed by atoms with E-state index in [-0.39, 0.29) is 29.2 Å². The van der Waals surface area contributed by atoms with Crippen molar-refractivity contribution in [2.24, 2.45) is 0 Å². The fourth-order valence-electron chi connectivity index (χ4n) is 4.99. The summed E-state index contributed by atoms with van der Waals surface area (Å²) in [7, 11) is -4.38. The topological polar surface area (TPSA) is 130 Å². The number of hydrogen-bond acceptors (Lipinski definition) is 6. The summed E-state index contributed by atoms with van der Waals surface area (Å²) in [6.45, 7) is 6.74. The summed E-state index contributed by atoms with van der Waals surface area (Å²) in [6.07, 6.45) is 0.169. The molecule has 0 aromatic heterocycles. The van der Waals surface area contributed by atoms with Crippen molar-refractivity contribution in [3.8, 4) is 0 Å². The van der Waals surface area contributed by atoms with Gasteiger partial charge in [-0.15, -0.1) is 0 Å². The zero-order valence-corrected chi connectivity index (χ0v) is 27.1. The number of nitrogens with one attached hydrogen (secondary N) is 1. The minimum atomic E-state index is -4.38. The summed E-state index contributed by atoms with van der Waals surface area (Å²) in [5.41, 5.74) is 1.48. The third-order valence-electron chi connectivity index (χ3n) is 7.31. The van der Waals surface area contributed by atoms with Gasteiger partial charge >= 0.3 is 0 Å². The quantitative estimate of drug-likeness (QED) is 0.157. The van der Waals surface area contributed by atoms with Gasteiger partial charge in [-0.1, -0.05) is 78.9 Å². The van der Waals surface area contributed by atoms with E-state index in [0.717, 1.165) is 27.1 Å². The highest BCUT2D eigenvalue weighted by Crippen LogP contribution is 2.28. The van der Waals surface area contributed by atoms with Crippen LogP contribution in [0.4, 0.5) is 11.4 Å². The van der Waals surface area contributed by atoms with Gasteiger partial charge in [-0.05, 0) is 62.6 Å². The number of carbonyl (C=O) groups excluding carboxylic acids is 2. The molecule has 0 unspecified atom stereocenters. The fraction of sp³-hybridized carbons (Fsp3) is 0.257. The average Bonchev–Trinajstić information content (AvgIpc) is 3.02. The number of rotatable bonds is 12. The lowest BCUT2D eigenvalue weighted by Crippen LogP contribution is -2.56. The molecule has 0 aliphatic heterocycles. The maximum atomic E-state index is 14.5. The Balaban J connectivity index is 1.85. The number of aryl methyl sites for hydroxylation is 1.